The van der Waals surface area contributed by atoms with Crippen molar-refractivity contribution < 1.29 is 14.1 Å². The maximum Gasteiger partial charge on any atom is 0.338 e. The van der Waals surface area contributed by atoms with Crippen molar-refractivity contribution in [2.75, 3.05) is 0 Å². The summed E-state index contributed by atoms with van der Waals surface area (Å²) in [5.74, 6) is 0.182. The van der Waals surface area contributed by atoms with Gasteiger partial charge in [0.15, 0.2) is 12.4 Å². The highest BCUT2D eigenvalue weighted by atomic mass is 16.5. The van der Waals surface area contributed by atoms with E-state index in [1.54, 1.807) is 12.1 Å². The predicted molar refractivity (Wildman–Crippen MR) is 86.0 cm³/mol. The lowest BCUT2D eigenvalue weighted by molar-refractivity contribution is 0.0436. The van der Waals surface area contributed by atoms with Gasteiger partial charge < -0.3 is 9.26 Å². The Hall–Kier alpha value is -2.88. The second-order valence-electron chi connectivity index (χ2n) is 5.33. The normalized spacial score (nSPS) is 10.5. The zero-order chi connectivity index (χ0) is 16.1. The van der Waals surface area contributed by atoms with E-state index < -0.39 is 0 Å². The van der Waals surface area contributed by atoms with Crippen molar-refractivity contribution in [3.63, 3.8) is 0 Å². The number of aromatic nitrogens is 1. The van der Waals surface area contributed by atoms with Gasteiger partial charge in [0.05, 0.1) is 11.3 Å². The Morgan fingerprint density at radius 1 is 1.09 bits per heavy atom. The molecule has 1 aromatic heterocycles. The van der Waals surface area contributed by atoms with Crippen LogP contribution in [0.4, 0.5) is 0 Å². The van der Waals surface area contributed by atoms with Gasteiger partial charge in [-0.15, -0.1) is 0 Å². The maximum atomic E-state index is 12.4. The van der Waals surface area contributed by atoms with Gasteiger partial charge in [-0.25, -0.2) is 4.79 Å². The summed E-state index contributed by atoms with van der Waals surface area (Å²) in [6.07, 6.45) is 0.688. The van der Waals surface area contributed by atoms with Crippen molar-refractivity contribution >= 4 is 5.97 Å². The van der Waals surface area contributed by atoms with E-state index in [0.717, 1.165) is 16.8 Å². The minimum absolute atomic E-state index is 0.0827. The van der Waals surface area contributed by atoms with E-state index >= 15 is 0 Å². The van der Waals surface area contributed by atoms with Crippen molar-refractivity contribution in [2.45, 2.75) is 20.0 Å². The van der Waals surface area contributed by atoms with Gasteiger partial charge in [0.2, 0.25) is 0 Å². The van der Waals surface area contributed by atoms with Gasteiger partial charge in [-0.1, -0.05) is 53.7 Å². The van der Waals surface area contributed by atoms with Gasteiger partial charge in [0.25, 0.3) is 0 Å². The molecule has 4 nitrogen and oxygen atoms in total. The van der Waals surface area contributed by atoms with Crippen LogP contribution < -0.4 is 0 Å². The SMILES string of the molecule is Cc1cc(COC(=O)c2ccccc2Cc2ccccc2)on1. The van der Waals surface area contributed by atoms with E-state index in [0.29, 0.717) is 17.7 Å². The van der Waals surface area contributed by atoms with E-state index in [9.17, 15) is 4.79 Å². The Kier molecular flexibility index (Phi) is 4.52. The van der Waals surface area contributed by atoms with Gasteiger partial charge in [-0.3, -0.25) is 0 Å². The van der Waals surface area contributed by atoms with Crippen LogP contribution in [0.1, 0.15) is 32.9 Å². The van der Waals surface area contributed by atoms with Gasteiger partial charge in [0, 0.05) is 6.07 Å². The lowest BCUT2D eigenvalue weighted by Gasteiger charge is -2.09. The van der Waals surface area contributed by atoms with Crippen LogP contribution in [0.5, 0.6) is 0 Å². The summed E-state index contributed by atoms with van der Waals surface area (Å²) in [7, 11) is 0. The fraction of sp³-hybridized carbons (Fsp3) is 0.158. The smallest absolute Gasteiger partial charge is 0.338 e. The Morgan fingerprint density at radius 3 is 2.57 bits per heavy atom. The molecule has 3 rings (SSSR count). The average molecular weight is 307 g/mol. The van der Waals surface area contributed by atoms with Gasteiger partial charge in [0.1, 0.15) is 0 Å². The number of esters is 1. The summed E-state index contributed by atoms with van der Waals surface area (Å²) < 4.78 is 10.4. The monoisotopic (exact) mass is 307 g/mol. The first-order valence-corrected chi connectivity index (χ1v) is 7.43. The van der Waals surface area contributed by atoms with Crippen LogP contribution in [0, 0.1) is 6.92 Å². The molecule has 116 valence electrons. The number of benzene rings is 2. The molecule has 0 saturated carbocycles. The van der Waals surface area contributed by atoms with Crippen LogP contribution in [0.25, 0.3) is 0 Å². The van der Waals surface area contributed by atoms with Crippen LogP contribution in [-0.2, 0) is 17.8 Å². The molecule has 0 aliphatic rings. The number of rotatable bonds is 5. The first-order chi connectivity index (χ1) is 11.2. The van der Waals surface area contributed by atoms with Gasteiger partial charge >= 0.3 is 5.97 Å². The molecular weight excluding hydrogens is 290 g/mol. The fourth-order valence-corrected chi connectivity index (χ4v) is 2.39. The first-order valence-electron chi connectivity index (χ1n) is 7.43. The van der Waals surface area contributed by atoms with Crippen LogP contribution in [0.15, 0.2) is 65.2 Å². The molecule has 0 N–H and O–H groups in total. The third kappa shape index (κ3) is 3.86. The van der Waals surface area contributed by atoms with Crippen LogP contribution in [-0.4, -0.2) is 11.1 Å². The topological polar surface area (TPSA) is 52.3 Å². The fourth-order valence-electron chi connectivity index (χ4n) is 2.39. The van der Waals surface area contributed by atoms with E-state index in [2.05, 4.69) is 5.16 Å². The number of carbonyl (C=O) groups excluding carboxylic acids is 1. The number of carbonyl (C=O) groups is 1. The van der Waals surface area contributed by atoms with Crippen LogP contribution >= 0.6 is 0 Å². The van der Waals surface area contributed by atoms with Crippen molar-refractivity contribution in [2.24, 2.45) is 0 Å². The average Bonchev–Trinajstić information content (AvgIpc) is 3.00. The summed E-state index contributed by atoms with van der Waals surface area (Å²) in [6.45, 7) is 1.91. The Morgan fingerprint density at radius 2 is 1.83 bits per heavy atom. The molecular formula is C19H17NO3. The van der Waals surface area contributed by atoms with Crippen molar-refractivity contribution in [3.05, 3.63) is 88.8 Å². The van der Waals surface area contributed by atoms with Crippen LogP contribution in [0.3, 0.4) is 0 Å². The maximum absolute atomic E-state index is 12.4. The zero-order valence-electron chi connectivity index (χ0n) is 12.9. The molecule has 1 heterocycles. The van der Waals surface area contributed by atoms with E-state index in [1.807, 2.05) is 55.5 Å². The zero-order valence-corrected chi connectivity index (χ0v) is 12.9. The molecule has 0 saturated heterocycles. The first kappa shape index (κ1) is 15.0. The Labute approximate surface area is 134 Å². The second kappa shape index (κ2) is 6.92. The molecule has 0 spiro atoms. The molecule has 0 fully saturated rings. The Bertz CT molecular complexity index is 793. The summed E-state index contributed by atoms with van der Waals surface area (Å²) >= 11 is 0. The highest BCUT2D eigenvalue weighted by Crippen LogP contribution is 2.16. The van der Waals surface area contributed by atoms with Crippen molar-refractivity contribution in [1.29, 1.82) is 0 Å². The van der Waals surface area contributed by atoms with Crippen molar-refractivity contribution in [1.82, 2.24) is 5.16 Å². The molecule has 23 heavy (non-hydrogen) atoms. The van der Waals surface area contributed by atoms with E-state index in [1.165, 1.54) is 0 Å². The number of nitrogens with zero attached hydrogens (tertiary/aromatic N) is 1. The molecule has 3 aromatic rings. The molecule has 0 amide bonds. The minimum atomic E-state index is -0.356. The largest absolute Gasteiger partial charge is 0.454 e. The van der Waals surface area contributed by atoms with Crippen LogP contribution in [0.2, 0.25) is 0 Å². The Balaban J connectivity index is 1.72. The third-order valence-corrected chi connectivity index (χ3v) is 3.50. The predicted octanol–water partition coefficient (Wildman–Crippen LogP) is 3.93. The standard InChI is InChI=1S/C19H17NO3/c1-14-11-17(23-20-14)13-22-19(21)18-10-6-5-9-16(18)12-15-7-3-2-4-8-15/h2-11H,12-13H2,1H3. The molecule has 0 unspecified atom stereocenters. The highest BCUT2D eigenvalue weighted by Gasteiger charge is 2.14. The quantitative estimate of drug-likeness (QED) is 0.670. The van der Waals surface area contributed by atoms with E-state index in [4.69, 9.17) is 9.26 Å². The lowest BCUT2D eigenvalue weighted by Crippen LogP contribution is -2.08. The number of hydrogen-bond acceptors (Lipinski definition) is 4. The molecule has 0 radical (unpaired) electrons. The highest BCUT2D eigenvalue weighted by molar-refractivity contribution is 5.91. The van der Waals surface area contributed by atoms with Crippen molar-refractivity contribution in [3.8, 4) is 0 Å². The molecule has 0 aliphatic heterocycles. The molecule has 4 heteroatoms. The minimum Gasteiger partial charge on any atom is -0.454 e. The van der Waals surface area contributed by atoms with E-state index in [-0.39, 0.29) is 12.6 Å². The third-order valence-electron chi connectivity index (χ3n) is 3.50. The molecule has 0 aliphatic carbocycles. The van der Waals surface area contributed by atoms with Gasteiger partial charge in [-0.2, -0.15) is 0 Å². The number of aryl methyl sites for hydroxylation is 1. The number of ether oxygens (including phenoxy) is 1. The summed E-state index contributed by atoms with van der Waals surface area (Å²) in [5.41, 5.74) is 3.43. The summed E-state index contributed by atoms with van der Waals surface area (Å²) in [4.78, 5) is 12.4. The second-order valence-corrected chi connectivity index (χ2v) is 5.33. The van der Waals surface area contributed by atoms with Gasteiger partial charge in [-0.05, 0) is 30.5 Å². The number of hydrogen-bond donors (Lipinski definition) is 0. The molecule has 0 atom stereocenters. The molecule has 2 aromatic carbocycles. The summed E-state index contributed by atoms with van der Waals surface area (Å²) in [5, 5.41) is 3.77. The molecule has 0 bridgehead atoms. The summed E-state index contributed by atoms with van der Waals surface area (Å²) in [6, 6.07) is 19.3. The lowest BCUT2D eigenvalue weighted by atomic mass is 10.00.